The summed E-state index contributed by atoms with van der Waals surface area (Å²) in [4.78, 5) is 30.5. The highest BCUT2D eigenvalue weighted by Gasteiger charge is 2.42. The Morgan fingerprint density at radius 3 is 2.44 bits per heavy atom. The molecular formula is C20H20F5N5O5S. The molecule has 1 N–H and O–H groups in total. The monoisotopic (exact) mass is 537 g/mol. The molecule has 1 aromatic carbocycles. The molecule has 16 heteroatoms. The molecule has 196 valence electrons. The van der Waals surface area contributed by atoms with Crippen molar-refractivity contribution < 1.29 is 44.5 Å². The third-order valence-corrected chi connectivity index (χ3v) is 7.07. The zero-order valence-electron chi connectivity index (χ0n) is 18.7. The summed E-state index contributed by atoms with van der Waals surface area (Å²) in [5, 5.41) is 5.82. The first-order valence-corrected chi connectivity index (χ1v) is 12.6. The standard InChI is InChI=1S/C20H20F5N5O5S/c1-36(33,34)15-9-11(21)14(8-12(15)22)26-13-3-2-5-29(17(13)32)10-4-6-30(16(31)7-10)19-27-18(35-28-19)20(23,24)25/h8-10,13,26H,2-7H2,1H3. The predicted octanol–water partition coefficient (Wildman–Crippen LogP) is 2.37. The topological polar surface area (TPSA) is 126 Å². The molecule has 4 rings (SSSR count). The van der Waals surface area contributed by atoms with Crippen LogP contribution in [0.25, 0.3) is 0 Å². The van der Waals surface area contributed by atoms with E-state index < -0.39 is 68.3 Å². The number of nitrogens with one attached hydrogen (secondary N) is 1. The quantitative estimate of drug-likeness (QED) is 0.577. The molecule has 3 heterocycles. The number of carbonyl (C=O) groups excluding carboxylic acids is 2. The SMILES string of the molecule is CS(=O)(=O)c1cc(F)c(NC2CCCN(C3CCN(c4noc(C(F)(F)F)n4)C(=O)C3)C2=O)cc1F. The molecule has 2 unspecified atom stereocenters. The zero-order valence-corrected chi connectivity index (χ0v) is 19.5. The van der Waals surface area contributed by atoms with Crippen LogP contribution in [-0.4, -0.2) is 66.7 Å². The van der Waals surface area contributed by atoms with Crippen LogP contribution < -0.4 is 10.2 Å². The average molecular weight is 537 g/mol. The summed E-state index contributed by atoms with van der Waals surface area (Å²) in [6.45, 7) is 0.230. The molecule has 0 spiro atoms. The highest BCUT2D eigenvalue weighted by atomic mass is 32.2. The Balaban J connectivity index is 1.44. The Kier molecular flexibility index (Phi) is 6.66. The van der Waals surface area contributed by atoms with Crippen LogP contribution >= 0.6 is 0 Å². The van der Waals surface area contributed by atoms with Gasteiger partial charge in [-0.15, -0.1) is 0 Å². The van der Waals surface area contributed by atoms with Gasteiger partial charge in [-0.3, -0.25) is 14.5 Å². The Morgan fingerprint density at radius 1 is 1.11 bits per heavy atom. The summed E-state index contributed by atoms with van der Waals surface area (Å²) in [5.74, 6) is -5.41. The van der Waals surface area contributed by atoms with Crippen molar-refractivity contribution in [2.45, 2.75) is 48.8 Å². The van der Waals surface area contributed by atoms with Crippen molar-refractivity contribution >= 4 is 33.3 Å². The highest BCUT2D eigenvalue weighted by Crippen LogP contribution is 2.31. The molecule has 2 aromatic rings. The van der Waals surface area contributed by atoms with Crippen molar-refractivity contribution in [2.75, 3.05) is 29.6 Å². The van der Waals surface area contributed by atoms with Gasteiger partial charge in [-0.25, -0.2) is 17.2 Å². The third-order valence-electron chi connectivity index (χ3n) is 5.96. The van der Waals surface area contributed by atoms with Crippen molar-refractivity contribution in [3.05, 3.63) is 29.7 Å². The van der Waals surface area contributed by atoms with E-state index in [1.807, 2.05) is 0 Å². The number of likely N-dealkylation sites (tertiary alicyclic amines) is 1. The van der Waals surface area contributed by atoms with E-state index in [0.717, 1.165) is 11.2 Å². The van der Waals surface area contributed by atoms with E-state index >= 15 is 0 Å². The number of carbonyl (C=O) groups is 2. The van der Waals surface area contributed by atoms with Gasteiger partial charge >= 0.3 is 12.1 Å². The van der Waals surface area contributed by atoms with Crippen LogP contribution in [0.5, 0.6) is 0 Å². The van der Waals surface area contributed by atoms with Crippen LogP contribution in [-0.2, 0) is 25.6 Å². The van der Waals surface area contributed by atoms with Crippen LogP contribution in [0.3, 0.4) is 0 Å². The first kappa shape index (κ1) is 25.8. The molecule has 36 heavy (non-hydrogen) atoms. The predicted molar refractivity (Wildman–Crippen MR) is 113 cm³/mol. The second-order valence-corrected chi connectivity index (χ2v) is 10.5. The number of sulfone groups is 1. The summed E-state index contributed by atoms with van der Waals surface area (Å²) >= 11 is 0. The van der Waals surface area contributed by atoms with Crippen molar-refractivity contribution in [1.82, 2.24) is 15.0 Å². The number of rotatable bonds is 5. The minimum absolute atomic E-state index is 0.0605. The van der Waals surface area contributed by atoms with E-state index in [-0.39, 0.29) is 31.5 Å². The molecule has 0 radical (unpaired) electrons. The molecule has 2 aliphatic heterocycles. The number of piperidine rings is 2. The van der Waals surface area contributed by atoms with Crippen LogP contribution in [0.15, 0.2) is 21.6 Å². The number of halogens is 5. The number of anilines is 2. The van der Waals surface area contributed by atoms with Gasteiger partial charge in [0.2, 0.25) is 11.8 Å². The van der Waals surface area contributed by atoms with Crippen molar-refractivity contribution in [3.63, 3.8) is 0 Å². The smallest absolute Gasteiger partial charge is 0.371 e. The molecule has 2 fully saturated rings. The molecule has 0 aliphatic carbocycles. The molecule has 0 bridgehead atoms. The van der Waals surface area contributed by atoms with Crippen molar-refractivity contribution in [3.8, 4) is 0 Å². The Hall–Kier alpha value is -3.30. The lowest BCUT2D eigenvalue weighted by molar-refractivity contribution is -0.159. The largest absolute Gasteiger partial charge is 0.471 e. The zero-order chi connectivity index (χ0) is 26.4. The summed E-state index contributed by atoms with van der Waals surface area (Å²) in [7, 11) is -4.00. The number of aromatic nitrogens is 2. The molecule has 2 saturated heterocycles. The van der Waals surface area contributed by atoms with Crippen LogP contribution in [0, 0.1) is 11.6 Å². The van der Waals surface area contributed by atoms with Gasteiger partial charge in [-0.2, -0.15) is 18.2 Å². The molecule has 2 atom stereocenters. The lowest BCUT2D eigenvalue weighted by Crippen LogP contribution is -2.56. The second kappa shape index (κ2) is 9.29. The Bertz CT molecular complexity index is 1300. The molecular weight excluding hydrogens is 517 g/mol. The number of benzene rings is 1. The van der Waals surface area contributed by atoms with Gasteiger partial charge in [-0.05, 0) is 30.5 Å². The van der Waals surface area contributed by atoms with E-state index in [4.69, 9.17) is 0 Å². The van der Waals surface area contributed by atoms with Gasteiger partial charge in [0.15, 0.2) is 9.84 Å². The van der Waals surface area contributed by atoms with Gasteiger partial charge in [0, 0.05) is 37.9 Å². The van der Waals surface area contributed by atoms with Crippen molar-refractivity contribution in [2.24, 2.45) is 0 Å². The van der Waals surface area contributed by atoms with Crippen LogP contribution in [0.2, 0.25) is 0 Å². The third kappa shape index (κ3) is 5.12. The van der Waals surface area contributed by atoms with Gasteiger partial charge in [0.05, 0.1) is 5.69 Å². The fourth-order valence-corrected chi connectivity index (χ4v) is 4.97. The Morgan fingerprint density at radius 2 is 1.83 bits per heavy atom. The molecule has 2 aliphatic rings. The lowest BCUT2D eigenvalue weighted by atomic mass is 9.96. The molecule has 2 amide bonds. The number of amides is 2. The molecule has 1 aromatic heterocycles. The fourth-order valence-electron chi connectivity index (χ4n) is 4.24. The second-order valence-electron chi connectivity index (χ2n) is 8.49. The van der Waals surface area contributed by atoms with Gasteiger partial charge in [-0.1, -0.05) is 0 Å². The summed E-state index contributed by atoms with van der Waals surface area (Å²) in [6, 6.07) is -0.334. The number of nitrogens with zero attached hydrogens (tertiary/aromatic N) is 4. The minimum atomic E-state index is -4.86. The molecule has 10 nitrogen and oxygen atoms in total. The number of hydrogen-bond donors (Lipinski definition) is 1. The van der Waals surface area contributed by atoms with Gasteiger partial charge < -0.3 is 14.7 Å². The van der Waals surface area contributed by atoms with Gasteiger partial charge in [0.25, 0.3) is 5.95 Å². The normalized spacial score (nSPS) is 21.7. The summed E-state index contributed by atoms with van der Waals surface area (Å²) < 4.78 is 94.1. The van der Waals surface area contributed by atoms with E-state index in [1.165, 1.54) is 4.90 Å². The minimum Gasteiger partial charge on any atom is -0.371 e. The van der Waals surface area contributed by atoms with E-state index in [0.29, 0.717) is 25.1 Å². The van der Waals surface area contributed by atoms with E-state index in [1.54, 1.807) is 0 Å². The maximum Gasteiger partial charge on any atom is 0.471 e. The van der Waals surface area contributed by atoms with Crippen molar-refractivity contribution in [1.29, 1.82) is 0 Å². The number of hydrogen-bond acceptors (Lipinski definition) is 8. The maximum absolute atomic E-state index is 14.5. The first-order valence-electron chi connectivity index (χ1n) is 10.7. The fraction of sp³-hybridized carbons (Fsp3) is 0.500. The van der Waals surface area contributed by atoms with E-state index in [9.17, 15) is 40.0 Å². The lowest BCUT2D eigenvalue weighted by Gasteiger charge is -2.41. The first-order chi connectivity index (χ1) is 16.8. The van der Waals surface area contributed by atoms with Crippen LogP contribution in [0.1, 0.15) is 31.6 Å². The van der Waals surface area contributed by atoms with Gasteiger partial charge in [0.1, 0.15) is 22.6 Å². The summed E-state index contributed by atoms with van der Waals surface area (Å²) in [6.07, 6.45) is -3.36. The van der Waals surface area contributed by atoms with E-state index in [2.05, 4.69) is 20.0 Å². The maximum atomic E-state index is 14.5. The average Bonchev–Trinajstić information content (AvgIpc) is 3.27. The highest BCUT2D eigenvalue weighted by molar-refractivity contribution is 7.90. The Labute approximate surface area is 201 Å². The van der Waals surface area contributed by atoms with Crippen LogP contribution in [0.4, 0.5) is 33.6 Å². The summed E-state index contributed by atoms with van der Waals surface area (Å²) in [5.41, 5.74) is -0.386. The number of alkyl halides is 3. The molecule has 0 saturated carbocycles.